The van der Waals surface area contributed by atoms with Crippen molar-refractivity contribution in [3.8, 4) is 0 Å². The standard InChI is InChI=1S/C19H19Cl2N3O3/c1-27-19(26)16-8-15(17-13(21)6-12(20)7-14(17)23-16)24-18(25)11-4-2-10(9-22)3-5-11/h2-7,15-16,23H,8-9,22H2,1H3,(H,24,25). The highest BCUT2D eigenvalue weighted by atomic mass is 35.5. The minimum Gasteiger partial charge on any atom is -0.467 e. The van der Waals surface area contributed by atoms with E-state index in [2.05, 4.69) is 10.6 Å². The lowest BCUT2D eigenvalue weighted by Crippen LogP contribution is -2.41. The molecule has 1 amide bonds. The van der Waals surface area contributed by atoms with Crippen molar-refractivity contribution in [2.24, 2.45) is 5.73 Å². The summed E-state index contributed by atoms with van der Waals surface area (Å²) in [4.78, 5) is 24.7. The number of anilines is 1. The first-order valence-electron chi connectivity index (χ1n) is 8.36. The molecule has 1 heterocycles. The van der Waals surface area contributed by atoms with Crippen molar-refractivity contribution in [2.75, 3.05) is 12.4 Å². The van der Waals surface area contributed by atoms with Gasteiger partial charge in [0.05, 0.1) is 13.2 Å². The van der Waals surface area contributed by atoms with Crippen molar-refractivity contribution in [3.05, 3.63) is 63.1 Å². The maximum atomic E-state index is 12.7. The van der Waals surface area contributed by atoms with Crippen LogP contribution in [0.3, 0.4) is 0 Å². The monoisotopic (exact) mass is 407 g/mol. The van der Waals surface area contributed by atoms with Gasteiger partial charge in [-0.2, -0.15) is 0 Å². The van der Waals surface area contributed by atoms with Gasteiger partial charge in [0.2, 0.25) is 0 Å². The fraction of sp³-hybridized carbons (Fsp3) is 0.263. The van der Waals surface area contributed by atoms with Gasteiger partial charge < -0.3 is 21.1 Å². The minimum absolute atomic E-state index is 0.272. The Morgan fingerprint density at radius 2 is 1.96 bits per heavy atom. The second kappa shape index (κ2) is 8.17. The average Bonchev–Trinajstić information content (AvgIpc) is 2.66. The molecule has 2 unspecified atom stereocenters. The van der Waals surface area contributed by atoms with E-state index >= 15 is 0 Å². The number of benzene rings is 2. The number of amides is 1. The van der Waals surface area contributed by atoms with E-state index < -0.39 is 18.1 Å². The quantitative estimate of drug-likeness (QED) is 0.676. The maximum Gasteiger partial charge on any atom is 0.328 e. The number of halogens is 2. The van der Waals surface area contributed by atoms with Gasteiger partial charge in [-0.25, -0.2) is 4.79 Å². The molecule has 6 nitrogen and oxygen atoms in total. The summed E-state index contributed by atoms with van der Waals surface area (Å²) < 4.78 is 4.84. The van der Waals surface area contributed by atoms with Crippen molar-refractivity contribution in [1.29, 1.82) is 0 Å². The summed E-state index contributed by atoms with van der Waals surface area (Å²) in [6, 6.07) is 9.20. The van der Waals surface area contributed by atoms with E-state index in [0.717, 1.165) is 5.56 Å². The first-order chi connectivity index (χ1) is 12.9. The number of ether oxygens (including phenoxy) is 1. The number of carbonyl (C=O) groups excluding carboxylic acids is 2. The molecular formula is C19H19Cl2N3O3. The maximum absolute atomic E-state index is 12.7. The first kappa shape index (κ1) is 19.5. The molecule has 142 valence electrons. The highest BCUT2D eigenvalue weighted by molar-refractivity contribution is 6.35. The molecule has 2 aromatic carbocycles. The summed E-state index contributed by atoms with van der Waals surface area (Å²) in [5.41, 5.74) is 8.30. The van der Waals surface area contributed by atoms with E-state index in [1.165, 1.54) is 7.11 Å². The molecule has 0 saturated carbocycles. The van der Waals surface area contributed by atoms with Gasteiger partial charge in [-0.3, -0.25) is 4.79 Å². The Hall–Kier alpha value is -2.28. The van der Waals surface area contributed by atoms with Crippen molar-refractivity contribution >= 4 is 40.8 Å². The Morgan fingerprint density at radius 3 is 2.59 bits per heavy atom. The number of nitrogens with two attached hydrogens (primary N) is 1. The van der Waals surface area contributed by atoms with E-state index in [1.54, 1.807) is 36.4 Å². The van der Waals surface area contributed by atoms with Gasteiger partial charge in [0.15, 0.2) is 0 Å². The van der Waals surface area contributed by atoms with Crippen LogP contribution in [0.4, 0.5) is 5.69 Å². The van der Waals surface area contributed by atoms with Crippen molar-refractivity contribution in [3.63, 3.8) is 0 Å². The van der Waals surface area contributed by atoms with Crippen molar-refractivity contribution in [1.82, 2.24) is 5.32 Å². The van der Waals surface area contributed by atoms with E-state index in [9.17, 15) is 9.59 Å². The lowest BCUT2D eigenvalue weighted by molar-refractivity contribution is -0.141. The second-order valence-corrected chi connectivity index (χ2v) is 7.08. The molecule has 2 aromatic rings. The van der Waals surface area contributed by atoms with Crippen LogP contribution >= 0.6 is 23.2 Å². The van der Waals surface area contributed by atoms with E-state index in [1.807, 2.05) is 0 Å². The fourth-order valence-corrected chi connectivity index (χ4v) is 3.75. The Balaban J connectivity index is 1.90. The summed E-state index contributed by atoms with van der Waals surface area (Å²) in [6.07, 6.45) is 0.299. The lowest BCUT2D eigenvalue weighted by Gasteiger charge is -2.33. The number of methoxy groups -OCH3 is 1. The van der Waals surface area contributed by atoms with Crippen LogP contribution in [-0.2, 0) is 16.1 Å². The molecule has 0 radical (unpaired) electrons. The van der Waals surface area contributed by atoms with Crippen LogP contribution < -0.4 is 16.4 Å². The third-order valence-corrected chi connectivity index (χ3v) is 5.02. The zero-order valence-electron chi connectivity index (χ0n) is 14.6. The molecule has 0 fully saturated rings. The van der Waals surface area contributed by atoms with E-state index in [-0.39, 0.29) is 5.91 Å². The number of esters is 1. The molecule has 3 rings (SSSR count). The Labute approximate surface area is 167 Å². The number of rotatable bonds is 4. The lowest BCUT2D eigenvalue weighted by atomic mass is 9.92. The summed E-state index contributed by atoms with van der Waals surface area (Å²) in [6.45, 7) is 0.404. The predicted molar refractivity (Wildman–Crippen MR) is 105 cm³/mol. The van der Waals surface area contributed by atoms with Crippen LogP contribution in [0.2, 0.25) is 10.0 Å². The Morgan fingerprint density at radius 1 is 1.26 bits per heavy atom. The highest BCUT2D eigenvalue weighted by Gasteiger charge is 2.34. The topological polar surface area (TPSA) is 93.5 Å². The minimum atomic E-state index is -0.623. The molecular weight excluding hydrogens is 389 g/mol. The van der Waals surface area contributed by atoms with Gasteiger partial charge in [-0.15, -0.1) is 0 Å². The fourth-order valence-electron chi connectivity index (χ4n) is 3.12. The first-order valence-corrected chi connectivity index (χ1v) is 9.11. The summed E-state index contributed by atoms with van der Waals surface area (Å²) in [5.74, 6) is -0.700. The molecule has 2 atom stereocenters. The molecule has 4 N–H and O–H groups in total. The SMILES string of the molecule is COC(=O)C1CC(NC(=O)c2ccc(CN)cc2)c2c(Cl)cc(Cl)cc2N1. The molecule has 8 heteroatoms. The molecule has 0 aromatic heterocycles. The van der Waals surface area contributed by atoms with Crippen LogP contribution in [0.25, 0.3) is 0 Å². The molecule has 0 spiro atoms. The third-order valence-electron chi connectivity index (χ3n) is 4.49. The zero-order chi connectivity index (χ0) is 19.6. The second-order valence-electron chi connectivity index (χ2n) is 6.23. The van der Waals surface area contributed by atoms with Gasteiger partial charge >= 0.3 is 5.97 Å². The predicted octanol–water partition coefficient (Wildman–Crippen LogP) is 3.28. The van der Waals surface area contributed by atoms with Crippen LogP contribution in [0.1, 0.15) is 33.9 Å². The van der Waals surface area contributed by atoms with Crippen LogP contribution in [-0.4, -0.2) is 25.0 Å². The van der Waals surface area contributed by atoms with Gasteiger partial charge in [0.1, 0.15) is 6.04 Å². The number of hydrogen-bond donors (Lipinski definition) is 3. The number of hydrogen-bond acceptors (Lipinski definition) is 5. The Bertz CT molecular complexity index is 871. The molecule has 1 aliphatic heterocycles. The molecule has 0 bridgehead atoms. The van der Waals surface area contributed by atoms with Gasteiger partial charge in [-0.05, 0) is 29.8 Å². The van der Waals surface area contributed by atoms with Crippen LogP contribution in [0, 0.1) is 0 Å². The Kier molecular flexibility index (Phi) is 5.89. The molecule has 0 saturated heterocycles. The largest absolute Gasteiger partial charge is 0.467 e. The van der Waals surface area contributed by atoms with Gasteiger partial charge in [0, 0.05) is 39.8 Å². The van der Waals surface area contributed by atoms with Gasteiger partial charge in [-0.1, -0.05) is 35.3 Å². The van der Waals surface area contributed by atoms with Crippen LogP contribution in [0.5, 0.6) is 0 Å². The number of nitrogens with one attached hydrogen (secondary N) is 2. The van der Waals surface area contributed by atoms with Crippen molar-refractivity contribution in [2.45, 2.75) is 25.0 Å². The number of carbonyl (C=O) groups is 2. The smallest absolute Gasteiger partial charge is 0.328 e. The van der Waals surface area contributed by atoms with Crippen LogP contribution in [0.15, 0.2) is 36.4 Å². The van der Waals surface area contributed by atoms with Gasteiger partial charge in [0.25, 0.3) is 5.91 Å². The highest BCUT2D eigenvalue weighted by Crippen LogP contribution is 2.40. The zero-order valence-corrected chi connectivity index (χ0v) is 16.1. The molecule has 1 aliphatic rings. The van der Waals surface area contributed by atoms with Crippen molar-refractivity contribution < 1.29 is 14.3 Å². The summed E-state index contributed by atoms with van der Waals surface area (Å²) in [7, 11) is 1.32. The summed E-state index contributed by atoms with van der Waals surface area (Å²) >= 11 is 12.4. The average molecular weight is 408 g/mol. The normalized spacial score (nSPS) is 18.2. The van der Waals surface area contributed by atoms with E-state index in [4.69, 9.17) is 33.7 Å². The summed E-state index contributed by atoms with van der Waals surface area (Å²) in [5, 5.41) is 6.88. The molecule has 0 aliphatic carbocycles. The van der Waals surface area contributed by atoms with E-state index in [0.29, 0.717) is 39.8 Å². The third kappa shape index (κ3) is 4.18. The molecule has 27 heavy (non-hydrogen) atoms. The number of fused-ring (bicyclic) bond motifs is 1.